The van der Waals surface area contributed by atoms with Gasteiger partial charge in [-0.05, 0) is 41.7 Å². The first-order valence-corrected chi connectivity index (χ1v) is 12.0. The van der Waals surface area contributed by atoms with Crippen LogP contribution < -0.4 is 4.72 Å². The minimum Gasteiger partial charge on any atom is -0.337 e. The van der Waals surface area contributed by atoms with Crippen molar-refractivity contribution in [2.45, 2.75) is 38.8 Å². The van der Waals surface area contributed by atoms with Gasteiger partial charge in [0.05, 0.1) is 12.3 Å². The van der Waals surface area contributed by atoms with E-state index in [4.69, 9.17) is 11.6 Å². The number of carbonyl (C=O) groups excluding carboxylic acids is 1. The van der Waals surface area contributed by atoms with Crippen molar-refractivity contribution in [1.29, 1.82) is 0 Å². The highest BCUT2D eigenvalue weighted by Gasteiger charge is 2.38. The third-order valence-electron chi connectivity index (χ3n) is 5.22. The fourth-order valence-corrected chi connectivity index (χ4v) is 4.93. The maximum absolute atomic E-state index is 12.7. The maximum atomic E-state index is 12.7. The predicted octanol–water partition coefficient (Wildman–Crippen LogP) is 3.72. The third kappa shape index (κ3) is 5.59. The molecule has 0 unspecified atom stereocenters. The molecular weight excluding hydrogens is 408 g/mol. The van der Waals surface area contributed by atoms with E-state index in [9.17, 15) is 13.2 Å². The molecule has 0 spiro atoms. The van der Waals surface area contributed by atoms with Gasteiger partial charge < -0.3 is 4.90 Å². The number of carbonyl (C=O) groups is 1. The molecule has 0 radical (unpaired) electrons. The van der Waals surface area contributed by atoms with Gasteiger partial charge in [0.15, 0.2) is 0 Å². The molecule has 0 aliphatic carbocycles. The first-order valence-electron chi connectivity index (χ1n) is 9.77. The van der Waals surface area contributed by atoms with Gasteiger partial charge in [0.1, 0.15) is 0 Å². The molecule has 1 aliphatic heterocycles. The Morgan fingerprint density at radius 3 is 2.45 bits per heavy atom. The number of rotatable bonds is 6. The highest BCUT2D eigenvalue weighted by Crippen LogP contribution is 2.27. The number of amides is 1. The van der Waals surface area contributed by atoms with E-state index in [0.29, 0.717) is 24.4 Å². The number of likely N-dealkylation sites (tertiary alicyclic amines) is 1. The Hall–Kier alpha value is -1.89. The molecular formula is C22H27ClN2O3S. The lowest BCUT2D eigenvalue weighted by atomic mass is 9.96. The van der Waals surface area contributed by atoms with Crippen LogP contribution in [0.3, 0.4) is 0 Å². The van der Waals surface area contributed by atoms with E-state index in [0.717, 1.165) is 22.9 Å². The average molecular weight is 435 g/mol. The minimum absolute atomic E-state index is 0.0544. The summed E-state index contributed by atoms with van der Waals surface area (Å²) >= 11 is 6.13. The molecule has 7 heteroatoms. The van der Waals surface area contributed by atoms with Crippen molar-refractivity contribution in [3.8, 4) is 11.1 Å². The van der Waals surface area contributed by atoms with Gasteiger partial charge in [0.2, 0.25) is 15.9 Å². The SMILES string of the molecule is CC(C)C(=O)N1CC[C@@H](NS(C)(=O)=O)[C@H]1Cc1cccc(-c2cccc(Cl)c2)c1. The summed E-state index contributed by atoms with van der Waals surface area (Å²) in [6, 6.07) is 15.3. The molecule has 156 valence electrons. The van der Waals surface area contributed by atoms with Gasteiger partial charge in [-0.3, -0.25) is 4.79 Å². The number of nitrogens with zero attached hydrogens (tertiary/aromatic N) is 1. The fraction of sp³-hybridized carbons (Fsp3) is 0.409. The summed E-state index contributed by atoms with van der Waals surface area (Å²) in [5.41, 5.74) is 3.11. The van der Waals surface area contributed by atoms with Crippen LogP contribution in [0.1, 0.15) is 25.8 Å². The molecule has 2 atom stereocenters. The van der Waals surface area contributed by atoms with Crippen molar-refractivity contribution in [2.75, 3.05) is 12.8 Å². The van der Waals surface area contributed by atoms with Crippen LogP contribution in [-0.4, -0.2) is 44.1 Å². The van der Waals surface area contributed by atoms with E-state index in [1.165, 1.54) is 0 Å². The Kier molecular flexibility index (Phi) is 6.66. The van der Waals surface area contributed by atoms with Crippen molar-refractivity contribution in [3.05, 3.63) is 59.1 Å². The molecule has 1 fully saturated rings. The van der Waals surface area contributed by atoms with Gasteiger partial charge in [0, 0.05) is 23.5 Å². The second-order valence-electron chi connectivity index (χ2n) is 7.95. The summed E-state index contributed by atoms with van der Waals surface area (Å²) in [6.45, 7) is 4.30. The lowest BCUT2D eigenvalue weighted by molar-refractivity contribution is -0.135. The number of sulfonamides is 1. The monoisotopic (exact) mass is 434 g/mol. The molecule has 29 heavy (non-hydrogen) atoms. The van der Waals surface area contributed by atoms with Crippen LogP contribution in [0, 0.1) is 5.92 Å². The molecule has 0 saturated carbocycles. The van der Waals surface area contributed by atoms with Crippen LogP contribution in [0.25, 0.3) is 11.1 Å². The molecule has 1 heterocycles. The number of hydrogen-bond donors (Lipinski definition) is 1. The van der Waals surface area contributed by atoms with Crippen molar-refractivity contribution in [3.63, 3.8) is 0 Å². The molecule has 2 aromatic carbocycles. The van der Waals surface area contributed by atoms with Crippen molar-refractivity contribution < 1.29 is 13.2 Å². The van der Waals surface area contributed by atoms with Gasteiger partial charge in [-0.25, -0.2) is 13.1 Å². The smallest absolute Gasteiger partial charge is 0.225 e. The van der Waals surface area contributed by atoms with Crippen molar-refractivity contribution >= 4 is 27.5 Å². The van der Waals surface area contributed by atoms with Gasteiger partial charge in [0.25, 0.3) is 0 Å². The van der Waals surface area contributed by atoms with Gasteiger partial charge in [-0.1, -0.05) is 61.8 Å². The highest BCUT2D eigenvalue weighted by molar-refractivity contribution is 7.88. The van der Waals surface area contributed by atoms with Crippen LogP contribution in [0.4, 0.5) is 0 Å². The van der Waals surface area contributed by atoms with Crippen LogP contribution in [0.15, 0.2) is 48.5 Å². The first-order chi connectivity index (χ1) is 13.6. The lowest BCUT2D eigenvalue weighted by Gasteiger charge is -2.30. The summed E-state index contributed by atoms with van der Waals surface area (Å²) in [6.07, 6.45) is 2.36. The van der Waals surface area contributed by atoms with E-state index >= 15 is 0 Å². The molecule has 1 amide bonds. The van der Waals surface area contributed by atoms with E-state index < -0.39 is 10.0 Å². The lowest BCUT2D eigenvalue weighted by Crippen LogP contribution is -2.48. The predicted molar refractivity (Wildman–Crippen MR) is 117 cm³/mol. The summed E-state index contributed by atoms with van der Waals surface area (Å²) in [5, 5.41) is 0.676. The zero-order valence-corrected chi connectivity index (χ0v) is 18.5. The Bertz CT molecular complexity index is 991. The van der Waals surface area contributed by atoms with Gasteiger partial charge in [-0.2, -0.15) is 0 Å². The zero-order valence-electron chi connectivity index (χ0n) is 16.9. The summed E-state index contributed by atoms with van der Waals surface area (Å²) in [7, 11) is -3.36. The molecule has 3 rings (SSSR count). The summed E-state index contributed by atoms with van der Waals surface area (Å²) in [4.78, 5) is 14.5. The van der Waals surface area contributed by atoms with Gasteiger partial charge >= 0.3 is 0 Å². The van der Waals surface area contributed by atoms with Crippen LogP contribution in [0.2, 0.25) is 5.02 Å². The van der Waals surface area contributed by atoms with Crippen molar-refractivity contribution in [2.24, 2.45) is 5.92 Å². The fourth-order valence-electron chi connectivity index (χ4n) is 3.91. The zero-order chi connectivity index (χ0) is 21.2. The van der Waals surface area contributed by atoms with E-state index in [-0.39, 0.29) is 23.9 Å². The quantitative estimate of drug-likeness (QED) is 0.753. The van der Waals surface area contributed by atoms with Crippen LogP contribution >= 0.6 is 11.6 Å². The molecule has 1 N–H and O–H groups in total. The first kappa shape index (κ1) is 21.8. The molecule has 1 aliphatic rings. The largest absolute Gasteiger partial charge is 0.337 e. The van der Waals surface area contributed by atoms with Crippen LogP contribution in [0.5, 0.6) is 0 Å². The molecule has 5 nitrogen and oxygen atoms in total. The third-order valence-corrected chi connectivity index (χ3v) is 6.18. The second-order valence-corrected chi connectivity index (χ2v) is 10.2. The molecule has 2 aromatic rings. The normalized spacial score (nSPS) is 19.7. The number of benzene rings is 2. The standard InChI is InChI=1S/C22H27ClN2O3S/c1-15(2)22(26)25-11-10-20(24-29(3,27)28)21(25)13-16-6-4-7-17(12-16)18-8-5-9-19(23)14-18/h4-9,12,14-15,20-21,24H,10-11,13H2,1-3H3/t20-,21-/m1/s1. The minimum atomic E-state index is -3.36. The van der Waals surface area contributed by atoms with Crippen molar-refractivity contribution in [1.82, 2.24) is 9.62 Å². The van der Waals surface area contributed by atoms with E-state index in [2.05, 4.69) is 10.8 Å². The topological polar surface area (TPSA) is 66.5 Å². The van der Waals surface area contributed by atoms with E-state index in [1.807, 2.05) is 61.2 Å². The molecule has 0 aromatic heterocycles. The summed E-state index contributed by atoms with van der Waals surface area (Å²) in [5.74, 6) is -0.0777. The number of halogens is 1. The molecule has 1 saturated heterocycles. The number of hydrogen-bond acceptors (Lipinski definition) is 3. The van der Waals surface area contributed by atoms with Gasteiger partial charge in [-0.15, -0.1) is 0 Å². The summed E-state index contributed by atoms with van der Waals surface area (Å²) < 4.78 is 26.4. The number of nitrogens with one attached hydrogen (secondary N) is 1. The van der Waals surface area contributed by atoms with E-state index in [1.54, 1.807) is 0 Å². The Labute approximate surface area is 178 Å². The van der Waals surface area contributed by atoms with Crippen LogP contribution in [-0.2, 0) is 21.2 Å². The maximum Gasteiger partial charge on any atom is 0.225 e. The molecule has 0 bridgehead atoms. The highest BCUT2D eigenvalue weighted by atomic mass is 35.5. The Morgan fingerprint density at radius 2 is 1.83 bits per heavy atom. The Balaban J connectivity index is 1.89. The Morgan fingerprint density at radius 1 is 1.17 bits per heavy atom. The second kappa shape index (κ2) is 8.86. The average Bonchev–Trinajstić information content (AvgIpc) is 3.01.